The van der Waals surface area contributed by atoms with E-state index in [1.165, 1.54) is 0 Å². The molecule has 86 valence electrons. The van der Waals surface area contributed by atoms with Crippen molar-refractivity contribution < 1.29 is 19.5 Å². The van der Waals surface area contributed by atoms with Gasteiger partial charge in [0.2, 0.25) is 0 Å². The van der Waals surface area contributed by atoms with Crippen LogP contribution in [0.4, 0.5) is 0 Å². The number of rotatable bonds is 7. The summed E-state index contributed by atoms with van der Waals surface area (Å²) in [7, 11) is 0. The lowest BCUT2D eigenvalue weighted by atomic mass is 10.2. The second-order valence-corrected chi connectivity index (χ2v) is 2.95. The van der Waals surface area contributed by atoms with E-state index in [9.17, 15) is 14.9 Å². The van der Waals surface area contributed by atoms with Crippen molar-refractivity contribution in [1.29, 1.82) is 0 Å². The van der Waals surface area contributed by atoms with Crippen LogP contribution >= 0.6 is 0 Å². The molecule has 0 heterocycles. The summed E-state index contributed by atoms with van der Waals surface area (Å²) in [6.45, 7) is 0.302. The highest BCUT2D eigenvalue weighted by atomic mass is 16.9. The van der Waals surface area contributed by atoms with Crippen LogP contribution in [0.3, 0.4) is 0 Å². The van der Waals surface area contributed by atoms with E-state index in [1.807, 2.05) is 0 Å². The van der Waals surface area contributed by atoms with Crippen LogP contribution in [-0.4, -0.2) is 24.6 Å². The van der Waals surface area contributed by atoms with Gasteiger partial charge < -0.3 is 9.57 Å². The maximum absolute atomic E-state index is 10.5. The molecule has 1 rings (SSSR count). The highest BCUT2D eigenvalue weighted by Gasteiger charge is 1.97. The van der Waals surface area contributed by atoms with Crippen molar-refractivity contribution in [3.05, 3.63) is 39.9 Å². The Morgan fingerprint density at radius 3 is 2.88 bits per heavy atom. The van der Waals surface area contributed by atoms with Crippen LogP contribution in [0.5, 0.6) is 5.75 Å². The summed E-state index contributed by atoms with van der Waals surface area (Å²) in [5.74, 6) is 0.561. The molecule has 16 heavy (non-hydrogen) atoms. The third-order valence-corrected chi connectivity index (χ3v) is 1.75. The third kappa shape index (κ3) is 4.41. The predicted octanol–water partition coefficient (Wildman–Crippen LogP) is 1.48. The van der Waals surface area contributed by atoms with Crippen LogP contribution in [0.1, 0.15) is 16.8 Å². The van der Waals surface area contributed by atoms with Crippen LogP contribution in [0.25, 0.3) is 0 Å². The van der Waals surface area contributed by atoms with Crippen LogP contribution < -0.4 is 4.74 Å². The van der Waals surface area contributed by atoms with Gasteiger partial charge in [0.05, 0.1) is 13.2 Å². The van der Waals surface area contributed by atoms with Crippen molar-refractivity contribution >= 4 is 6.29 Å². The second kappa shape index (κ2) is 6.39. The lowest BCUT2D eigenvalue weighted by Crippen LogP contribution is -2.06. The molecular formula is C10H11NO5. The quantitative estimate of drug-likeness (QED) is 0.304. The summed E-state index contributed by atoms with van der Waals surface area (Å²) < 4.78 is 5.27. The number of ether oxygens (including phenoxy) is 1. The van der Waals surface area contributed by atoms with Crippen LogP contribution in [0.2, 0.25) is 0 Å². The topological polar surface area (TPSA) is 78.7 Å². The van der Waals surface area contributed by atoms with Gasteiger partial charge in [-0.15, -0.1) is 10.1 Å². The Labute approximate surface area is 91.9 Å². The first kappa shape index (κ1) is 12.0. The Balaban J connectivity index is 2.26. The average molecular weight is 225 g/mol. The molecule has 0 aliphatic carbocycles. The SMILES string of the molecule is O=Cc1cccc(OCCCO[N+](=O)[O-])c1. The number of carbonyl (C=O) groups excluding carboxylic acids is 1. The zero-order chi connectivity index (χ0) is 11.8. The first-order valence-corrected chi connectivity index (χ1v) is 4.67. The van der Waals surface area contributed by atoms with Gasteiger partial charge in [0.15, 0.2) is 0 Å². The zero-order valence-corrected chi connectivity index (χ0v) is 8.50. The van der Waals surface area contributed by atoms with Gasteiger partial charge in [0, 0.05) is 12.0 Å². The Bertz CT molecular complexity index is 366. The monoisotopic (exact) mass is 225 g/mol. The van der Waals surface area contributed by atoms with Crippen LogP contribution in [0.15, 0.2) is 24.3 Å². The average Bonchev–Trinajstić information content (AvgIpc) is 2.28. The van der Waals surface area contributed by atoms with E-state index in [0.717, 1.165) is 6.29 Å². The molecule has 1 aromatic rings. The lowest BCUT2D eigenvalue weighted by molar-refractivity contribution is -0.757. The minimum Gasteiger partial charge on any atom is -0.494 e. The molecular weight excluding hydrogens is 214 g/mol. The van der Waals surface area contributed by atoms with Crippen molar-refractivity contribution in [3.63, 3.8) is 0 Å². The van der Waals surface area contributed by atoms with Gasteiger partial charge >= 0.3 is 0 Å². The summed E-state index contributed by atoms with van der Waals surface area (Å²) in [4.78, 5) is 24.4. The van der Waals surface area contributed by atoms with E-state index in [4.69, 9.17) is 4.74 Å². The van der Waals surface area contributed by atoms with Gasteiger partial charge in [0.25, 0.3) is 5.09 Å². The standard InChI is InChI=1S/C10H11NO5/c12-8-9-3-1-4-10(7-9)15-5-2-6-16-11(13)14/h1,3-4,7-8H,2,5-6H2. The van der Waals surface area contributed by atoms with Gasteiger partial charge in [-0.1, -0.05) is 12.1 Å². The zero-order valence-electron chi connectivity index (χ0n) is 8.50. The highest BCUT2D eigenvalue weighted by molar-refractivity contribution is 5.75. The van der Waals surface area contributed by atoms with Crippen LogP contribution in [-0.2, 0) is 4.84 Å². The summed E-state index contributed by atoms with van der Waals surface area (Å²) in [5, 5.41) is 8.98. The molecule has 6 nitrogen and oxygen atoms in total. The minimum atomic E-state index is -0.840. The molecule has 0 aliphatic heterocycles. The number of hydrogen-bond acceptors (Lipinski definition) is 5. The van der Waals surface area contributed by atoms with E-state index in [-0.39, 0.29) is 6.61 Å². The van der Waals surface area contributed by atoms with Gasteiger partial charge in [0.1, 0.15) is 12.0 Å². The number of nitrogens with zero attached hydrogens (tertiary/aromatic N) is 1. The van der Waals surface area contributed by atoms with Crippen molar-refractivity contribution in [1.82, 2.24) is 0 Å². The van der Waals surface area contributed by atoms with Gasteiger partial charge in [-0.3, -0.25) is 4.79 Å². The van der Waals surface area contributed by atoms with Gasteiger partial charge in [-0.2, -0.15) is 0 Å². The lowest BCUT2D eigenvalue weighted by Gasteiger charge is -2.05. The summed E-state index contributed by atoms with van der Waals surface area (Å²) >= 11 is 0. The van der Waals surface area contributed by atoms with Crippen molar-refractivity contribution in [2.45, 2.75) is 6.42 Å². The van der Waals surface area contributed by atoms with Crippen molar-refractivity contribution in [2.75, 3.05) is 13.2 Å². The molecule has 0 saturated heterocycles. The number of carbonyl (C=O) groups is 1. The fourth-order valence-electron chi connectivity index (χ4n) is 1.07. The van der Waals surface area contributed by atoms with E-state index >= 15 is 0 Å². The molecule has 0 atom stereocenters. The maximum atomic E-state index is 10.5. The van der Waals surface area contributed by atoms with E-state index in [2.05, 4.69) is 4.84 Å². The van der Waals surface area contributed by atoms with Crippen molar-refractivity contribution in [3.8, 4) is 5.75 Å². The fourth-order valence-corrected chi connectivity index (χ4v) is 1.07. The molecule has 0 amide bonds. The molecule has 0 spiro atoms. The minimum absolute atomic E-state index is 0.000368. The van der Waals surface area contributed by atoms with E-state index in [1.54, 1.807) is 24.3 Å². The first-order chi connectivity index (χ1) is 7.72. The molecule has 0 N–H and O–H groups in total. The number of hydrogen-bond donors (Lipinski definition) is 0. The largest absolute Gasteiger partial charge is 0.494 e. The first-order valence-electron chi connectivity index (χ1n) is 4.67. The number of aldehydes is 1. The molecule has 0 saturated carbocycles. The summed E-state index contributed by atoms with van der Waals surface area (Å²) in [6.07, 6.45) is 1.13. The molecule has 6 heteroatoms. The number of benzene rings is 1. The Kier molecular flexibility index (Phi) is 4.78. The van der Waals surface area contributed by atoms with E-state index in [0.29, 0.717) is 24.3 Å². The normalized spacial score (nSPS) is 9.50. The second-order valence-electron chi connectivity index (χ2n) is 2.95. The Morgan fingerprint density at radius 2 is 2.19 bits per heavy atom. The highest BCUT2D eigenvalue weighted by Crippen LogP contribution is 2.11. The third-order valence-electron chi connectivity index (χ3n) is 1.75. The molecule has 1 aromatic carbocycles. The molecule has 0 fully saturated rings. The van der Waals surface area contributed by atoms with Crippen LogP contribution in [0, 0.1) is 10.1 Å². The van der Waals surface area contributed by atoms with Gasteiger partial charge in [-0.25, -0.2) is 0 Å². The molecule has 0 bridgehead atoms. The molecule has 0 aliphatic rings. The maximum Gasteiger partial charge on any atom is 0.294 e. The van der Waals surface area contributed by atoms with E-state index < -0.39 is 5.09 Å². The molecule has 0 radical (unpaired) electrons. The summed E-state index contributed by atoms with van der Waals surface area (Å²) in [5.41, 5.74) is 0.527. The molecule has 0 unspecified atom stereocenters. The predicted molar refractivity (Wildman–Crippen MR) is 54.9 cm³/mol. The summed E-state index contributed by atoms with van der Waals surface area (Å²) in [6, 6.07) is 6.67. The van der Waals surface area contributed by atoms with Crippen molar-refractivity contribution in [2.24, 2.45) is 0 Å². The Morgan fingerprint density at radius 1 is 1.38 bits per heavy atom. The van der Waals surface area contributed by atoms with Gasteiger partial charge in [-0.05, 0) is 12.1 Å². The fraction of sp³-hybridized carbons (Fsp3) is 0.300. The molecule has 0 aromatic heterocycles. The Hall–Kier alpha value is -2.11. The smallest absolute Gasteiger partial charge is 0.294 e.